The van der Waals surface area contributed by atoms with E-state index in [9.17, 15) is 30.7 Å². The Bertz CT molecular complexity index is 804. The molecule has 0 fully saturated rings. The van der Waals surface area contributed by atoms with Crippen LogP contribution in [0.5, 0.6) is 5.75 Å². The lowest BCUT2D eigenvalue weighted by Crippen LogP contribution is -2.16. The lowest BCUT2D eigenvalue weighted by Gasteiger charge is -2.13. The van der Waals surface area contributed by atoms with E-state index in [0.717, 1.165) is 12.6 Å². The summed E-state index contributed by atoms with van der Waals surface area (Å²) in [7, 11) is 0. The summed E-state index contributed by atoms with van der Waals surface area (Å²) >= 11 is 0. The number of halogens is 7. The van der Waals surface area contributed by atoms with Crippen molar-refractivity contribution in [3.63, 3.8) is 0 Å². The molecule has 2 aromatic carbocycles. The minimum atomic E-state index is -5.60. The van der Waals surface area contributed by atoms with Crippen LogP contribution in [0.15, 0.2) is 29.4 Å². The molecule has 3 nitrogen and oxygen atoms in total. The van der Waals surface area contributed by atoms with Crippen molar-refractivity contribution in [1.82, 2.24) is 0 Å². The summed E-state index contributed by atoms with van der Waals surface area (Å²) in [5.41, 5.74) is -2.01. The van der Waals surface area contributed by atoms with Crippen molar-refractivity contribution >= 4 is 11.9 Å². The normalized spacial score (nSPS) is 11.9. The van der Waals surface area contributed by atoms with E-state index in [0.29, 0.717) is 17.9 Å². The van der Waals surface area contributed by atoms with Crippen LogP contribution in [0.25, 0.3) is 0 Å². The van der Waals surface area contributed by atoms with Crippen LogP contribution < -0.4 is 10.2 Å². The quantitative estimate of drug-likeness (QED) is 0.304. The molecular weight excluding hydrogens is 381 g/mol. The van der Waals surface area contributed by atoms with Crippen molar-refractivity contribution in [2.45, 2.75) is 19.5 Å². The van der Waals surface area contributed by atoms with E-state index in [1.165, 1.54) is 12.1 Å². The summed E-state index contributed by atoms with van der Waals surface area (Å²) in [6.07, 6.45) is -3.74. The van der Waals surface area contributed by atoms with E-state index in [4.69, 9.17) is 4.74 Å². The molecule has 0 bridgehead atoms. The van der Waals surface area contributed by atoms with Crippen LogP contribution >= 0.6 is 0 Å². The zero-order valence-corrected chi connectivity index (χ0v) is 13.8. The Labute approximate surface area is 149 Å². The first-order chi connectivity index (χ1) is 12.7. The molecule has 27 heavy (non-hydrogen) atoms. The molecular formula is C17H13F7N2O. The first-order valence-corrected chi connectivity index (χ1v) is 7.61. The van der Waals surface area contributed by atoms with Gasteiger partial charge in [0.2, 0.25) is 0 Å². The van der Waals surface area contributed by atoms with Crippen LogP contribution in [0.1, 0.15) is 24.5 Å². The Morgan fingerprint density at radius 1 is 0.963 bits per heavy atom. The first-order valence-electron chi connectivity index (χ1n) is 7.61. The third kappa shape index (κ3) is 4.69. The second-order valence-electron chi connectivity index (χ2n) is 5.29. The minimum absolute atomic E-state index is 0.431. The van der Waals surface area contributed by atoms with Crippen molar-refractivity contribution in [2.24, 2.45) is 5.10 Å². The highest BCUT2D eigenvalue weighted by atomic mass is 19.4. The number of anilines is 1. The Balaban J connectivity index is 2.22. The van der Waals surface area contributed by atoms with Gasteiger partial charge in [0.1, 0.15) is 17.0 Å². The molecule has 0 aliphatic carbocycles. The van der Waals surface area contributed by atoms with E-state index < -0.39 is 40.7 Å². The molecule has 1 N–H and O–H groups in total. The zero-order chi connectivity index (χ0) is 20.2. The van der Waals surface area contributed by atoms with Gasteiger partial charge in [-0.05, 0) is 36.2 Å². The molecule has 0 aliphatic rings. The van der Waals surface area contributed by atoms with Crippen molar-refractivity contribution in [1.29, 1.82) is 0 Å². The van der Waals surface area contributed by atoms with E-state index in [-0.39, 0.29) is 0 Å². The molecule has 0 radical (unpaired) electrons. The van der Waals surface area contributed by atoms with Gasteiger partial charge >= 0.3 is 6.18 Å². The summed E-state index contributed by atoms with van der Waals surface area (Å²) in [6, 6.07) is 6.26. The second-order valence-corrected chi connectivity index (χ2v) is 5.29. The van der Waals surface area contributed by atoms with Crippen LogP contribution in [-0.4, -0.2) is 12.8 Å². The highest BCUT2D eigenvalue weighted by molar-refractivity contribution is 5.80. The van der Waals surface area contributed by atoms with Crippen LogP contribution in [0, 0.1) is 23.3 Å². The molecule has 0 saturated heterocycles. The van der Waals surface area contributed by atoms with Crippen molar-refractivity contribution < 1.29 is 35.5 Å². The number of hydrogen-bond donors (Lipinski definition) is 1. The average Bonchev–Trinajstić information content (AvgIpc) is 2.61. The fourth-order valence-corrected chi connectivity index (χ4v) is 2.02. The summed E-state index contributed by atoms with van der Waals surface area (Å²) in [5, 5.41) is 3.39. The van der Waals surface area contributed by atoms with E-state index in [2.05, 4.69) is 5.10 Å². The van der Waals surface area contributed by atoms with Gasteiger partial charge in [-0.1, -0.05) is 6.92 Å². The van der Waals surface area contributed by atoms with Crippen molar-refractivity contribution in [3.8, 4) is 5.75 Å². The van der Waals surface area contributed by atoms with Crippen LogP contribution in [0.4, 0.5) is 36.4 Å². The Morgan fingerprint density at radius 3 is 2.00 bits per heavy atom. The smallest absolute Gasteiger partial charge is 0.422 e. The number of alkyl halides is 3. The Morgan fingerprint density at radius 2 is 1.52 bits per heavy atom. The van der Waals surface area contributed by atoms with Crippen LogP contribution in [-0.2, 0) is 6.18 Å². The van der Waals surface area contributed by atoms with Gasteiger partial charge in [0, 0.05) is 0 Å². The molecule has 0 unspecified atom stereocenters. The van der Waals surface area contributed by atoms with Gasteiger partial charge in [-0.25, -0.2) is 17.6 Å². The maximum absolute atomic E-state index is 13.7. The molecule has 0 amide bonds. The number of nitrogens with one attached hydrogen (secondary N) is 1. The highest BCUT2D eigenvalue weighted by Crippen LogP contribution is 2.38. The second kappa shape index (κ2) is 8.28. The van der Waals surface area contributed by atoms with E-state index in [1.54, 1.807) is 17.6 Å². The zero-order valence-electron chi connectivity index (χ0n) is 13.8. The predicted octanol–water partition coefficient (Wildman–Crippen LogP) is 5.50. The molecule has 0 aromatic heterocycles. The number of benzene rings is 2. The van der Waals surface area contributed by atoms with Gasteiger partial charge in [0.15, 0.2) is 23.3 Å². The third-order valence-corrected chi connectivity index (χ3v) is 3.29. The standard InChI is InChI=1S/C17H13F7N2O/c1-2-7-27-10-5-3-9(4-6-10)8-25-26-16-14(20)12(18)11(17(22,23)24)13(19)15(16)21/h3-6,8,26H,2,7H2,1H3/b25-8+. The lowest BCUT2D eigenvalue weighted by atomic mass is 10.1. The van der Waals surface area contributed by atoms with Crippen LogP contribution in [0.2, 0.25) is 0 Å². The number of ether oxygens (including phenoxy) is 1. The summed E-state index contributed by atoms with van der Waals surface area (Å²) in [4.78, 5) is 0. The third-order valence-electron chi connectivity index (χ3n) is 3.29. The van der Waals surface area contributed by atoms with Crippen molar-refractivity contribution in [3.05, 3.63) is 58.7 Å². The minimum Gasteiger partial charge on any atom is -0.494 e. The van der Waals surface area contributed by atoms with Gasteiger partial charge in [0.25, 0.3) is 0 Å². The fraction of sp³-hybridized carbons (Fsp3) is 0.235. The van der Waals surface area contributed by atoms with Crippen molar-refractivity contribution in [2.75, 3.05) is 12.0 Å². The average molecular weight is 394 g/mol. The van der Waals surface area contributed by atoms with Gasteiger partial charge in [-0.2, -0.15) is 18.3 Å². The van der Waals surface area contributed by atoms with Gasteiger partial charge in [-0.3, -0.25) is 5.43 Å². The lowest BCUT2D eigenvalue weighted by molar-refractivity contribution is -0.143. The maximum Gasteiger partial charge on any atom is 0.422 e. The number of rotatable bonds is 6. The molecule has 2 aromatic rings. The fourth-order valence-electron chi connectivity index (χ4n) is 2.02. The van der Waals surface area contributed by atoms with Gasteiger partial charge < -0.3 is 4.74 Å². The molecule has 0 aliphatic heterocycles. The molecule has 0 saturated carbocycles. The summed E-state index contributed by atoms with van der Waals surface area (Å²) < 4.78 is 97.2. The number of hydrazone groups is 1. The first kappa shape index (κ1) is 20.5. The molecule has 10 heteroatoms. The SMILES string of the molecule is CCCOc1ccc(/C=N/Nc2c(F)c(F)c(C(F)(F)F)c(F)c2F)cc1. The maximum atomic E-state index is 13.7. The van der Waals surface area contributed by atoms with Gasteiger partial charge in [-0.15, -0.1) is 0 Å². The topological polar surface area (TPSA) is 33.6 Å². The predicted molar refractivity (Wildman–Crippen MR) is 84.7 cm³/mol. The highest BCUT2D eigenvalue weighted by Gasteiger charge is 2.42. The Hall–Kier alpha value is -2.78. The molecule has 0 atom stereocenters. The number of hydrogen-bond acceptors (Lipinski definition) is 3. The molecule has 2 rings (SSSR count). The summed E-state index contributed by atoms with van der Waals surface area (Å²) in [5.74, 6) is -9.01. The molecule has 0 spiro atoms. The monoisotopic (exact) mass is 394 g/mol. The van der Waals surface area contributed by atoms with Crippen LogP contribution in [0.3, 0.4) is 0 Å². The van der Waals surface area contributed by atoms with Gasteiger partial charge in [0.05, 0.1) is 12.8 Å². The number of nitrogens with zero attached hydrogens (tertiary/aromatic N) is 1. The van der Waals surface area contributed by atoms with E-state index >= 15 is 0 Å². The molecule has 0 heterocycles. The Kier molecular flexibility index (Phi) is 6.29. The largest absolute Gasteiger partial charge is 0.494 e. The molecule has 146 valence electrons. The van der Waals surface area contributed by atoms with E-state index in [1.807, 2.05) is 6.92 Å². The summed E-state index contributed by atoms with van der Waals surface area (Å²) in [6.45, 7) is 2.44.